The molecule has 0 bridgehead atoms. The summed E-state index contributed by atoms with van der Waals surface area (Å²) < 4.78 is 11.2. The Morgan fingerprint density at radius 2 is 1.95 bits per heavy atom. The van der Waals surface area contributed by atoms with Crippen LogP contribution in [-0.2, 0) is 17.7 Å². The standard InChI is InChI=1S/C17H30N2O2/c1-5-7-8-20-9-10-21-17-12-15(13-18-14(3)4)11-16(6-2)19-17/h11-12,14,18H,5-10,13H2,1-4H3. The highest BCUT2D eigenvalue weighted by Crippen LogP contribution is 2.13. The summed E-state index contributed by atoms with van der Waals surface area (Å²) >= 11 is 0. The van der Waals surface area contributed by atoms with Gasteiger partial charge in [0.25, 0.3) is 0 Å². The Morgan fingerprint density at radius 3 is 2.62 bits per heavy atom. The molecule has 0 radical (unpaired) electrons. The highest BCUT2D eigenvalue weighted by molar-refractivity contribution is 5.25. The highest BCUT2D eigenvalue weighted by atomic mass is 16.5. The Kier molecular flexibility index (Phi) is 9.02. The number of pyridine rings is 1. The van der Waals surface area contributed by atoms with Crippen molar-refractivity contribution in [3.05, 3.63) is 23.4 Å². The third kappa shape index (κ3) is 8.02. The number of nitrogens with zero attached hydrogens (tertiary/aromatic N) is 1. The van der Waals surface area contributed by atoms with Crippen molar-refractivity contribution in [1.82, 2.24) is 10.3 Å². The minimum Gasteiger partial charge on any atom is -0.475 e. The van der Waals surface area contributed by atoms with Gasteiger partial charge in [0.1, 0.15) is 6.61 Å². The number of hydrogen-bond acceptors (Lipinski definition) is 4. The van der Waals surface area contributed by atoms with E-state index in [-0.39, 0.29) is 0 Å². The molecule has 1 aromatic rings. The predicted molar refractivity (Wildman–Crippen MR) is 86.8 cm³/mol. The van der Waals surface area contributed by atoms with Crippen LogP contribution in [0.4, 0.5) is 0 Å². The first kappa shape index (κ1) is 17.9. The second-order valence-corrected chi connectivity index (χ2v) is 5.51. The molecule has 4 heteroatoms. The minimum absolute atomic E-state index is 0.472. The summed E-state index contributed by atoms with van der Waals surface area (Å²) in [5, 5.41) is 3.42. The van der Waals surface area contributed by atoms with Gasteiger partial charge in [-0.25, -0.2) is 4.98 Å². The van der Waals surface area contributed by atoms with Gasteiger partial charge in [-0.15, -0.1) is 0 Å². The molecule has 120 valence electrons. The van der Waals surface area contributed by atoms with Crippen LogP contribution in [0.25, 0.3) is 0 Å². The van der Waals surface area contributed by atoms with Gasteiger partial charge in [0.15, 0.2) is 0 Å². The summed E-state index contributed by atoms with van der Waals surface area (Å²) in [4.78, 5) is 4.51. The zero-order chi connectivity index (χ0) is 15.5. The maximum atomic E-state index is 5.71. The van der Waals surface area contributed by atoms with Crippen LogP contribution >= 0.6 is 0 Å². The quantitative estimate of drug-likeness (QED) is 0.636. The van der Waals surface area contributed by atoms with Crippen molar-refractivity contribution in [1.29, 1.82) is 0 Å². The number of hydrogen-bond donors (Lipinski definition) is 1. The first-order chi connectivity index (χ1) is 10.2. The van der Waals surface area contributed by atoms with Crippen LogP contribution in [0.5, 0.6) is 5.88 Å². The lowest BCUT2D eigenvalue weighted by atomic mass is 10.2. The smallest absolute Gasteiger partial charge is 0.213 e. The van der Waals surface area contributed by atoms with E-state index in [1.807, 2.05) is 6.07 Å². The Labute approximate surface area is 129 Å². The number of rotatable bonds is 11. The van der Waals surface area contributed by atoms with Crippen LogP contribution in [0.2, 0.25) is 0 Å². The number of nitrogens with one attached hydrogen (secondary N) is 1. The van der Waals surface area contributed by atoms with Gasteiger partial charge >= 0.3 is 0 Å². The van der Waals surface area contributed by atoms with E-state index in [9.17, 15) is 0 Å². The summed E-state index contributed by atoms with van der Waals surface area (Å²) in [6.07, 6.45) is 3.18. The third-order valence-electron chi connectivity index (χ3n) is 3.11. The molecule has 1 aromatic heterocycles. The van der Waals surface area contributed by atoms with Crippen LogP contribution in [0.3, 0.4) is 0 Å². The van der Waals surface area contributed by atoms with E-state index in [1.165, 1.54) is 5.56 Å². The van der Waals surface area contributed by atoms with Crippen molar-refractivity contribution in [2.24, 2.45) is 0 Å². The van der Waals surface area contributed by atoms with Gasteiger partial charge in [0.2, 0.25) is 5.88 Å². The first-order valence-electron chi connectivity index (χ1n) is 8.09. The monoisotopic (exact) mass is 294 g/mol. The van der Waals surface area contributed by atoms with Crippen molar-refractivity contribution in [2.45, 2.75) is 59.5 Å². The lowest BCUT2D eigenvalue weighted by Gasteiger charge is -2.12. The third-order valence-corrected chi connectivity index (χ3v) is 3.11. The summed E-state index contributed by atoms with van der Waals surface area (Å²) in [5.74, 6) is 0.703. The zero-order valence-electron chi connectivity index (χ0n) is 13.9. The molecule has 0 spiro atoms. The summed E-state index contributed by atoms with van der Waals surface area (Å²) in [6, 6.07) is 4.63. The molecule has 0 saturated carbocycles. The largest absolute Gasteiger partial charge is 0.475 e. The molecule has 21 heavy (non-hydrogen) atoms. The number of unbranched alkanes of at least 4 members (excludes halogenated alkanes) is 1. The average Bonchev–Trinajstić information content (AvgIpc) is 2.48. The molecule has 0 aliphatic heterocycles. The van der Waals surface area contributed by atoms with Crippen molar-refractivity contribution in [3.63, 3.8) is 0 Å². The molecule has 0 aliphatic rings. The zero-order valence-corrected chi connectivity index (χ0v) is 13.9. The Morgan fingerprint density at radius 1 is 1.14 bits per heavy atom. The van der Waals surface area contributed by atoms with Gasteiger partial charge in [0.05, 0.1) is 6.61 Å². The van der Waals surface area contributed by atoms with E-state index in [4.69, 9.17) is 9.47 Å². The van der Waals surface area contributed by atoms with Crippen molar-refractivity contribution in [2.75, 3.05) is 19.8 Å². The number of ether oxygens (including phenoxy) is 2. The molecule has 4 nitrogen and oxygen atoms in total. The van der Waals surface area contributed by atoms with Gasteiger partial charge in [-0.05, 0) is 24.5 Å². The van der Waals surface area contributed by atoms with Crippen LogP contribution in [0.15, 0.2) is 12.1 Å². The molecule has 0 fully saturated rings. The second-order valence-electron chi connectivity index (χ2n) is 5.51. The van der Waals surface area contributed by atoms with Crippen LogP contribution in [0, 0.1) is 0 Å². The average molecular weight is 294 g/mol. The van der Waals surface area contributed by atoms with E-state index in [0.717, 1.165) is 38.1 Å². The predicted octanol–water partition coefficient (Wildman–Crippen LogP) is 3.34. The van der Waals surface area contributed by atoms with Crippen molar-refractivity contribution in [3.8, 4) is 5.88 Å². The lowest BCUT2D eigenvalue weighted by molar-refractivity contribution is 0.0964. The van der Waals surface area contributed by atoms with E-state index >= 15 is 0 Å². The SMILES string of the molecule is CCCCOCCOc1cc(CNC(C)C)cc(CC)n1. The fourth-order valence-electron chi connectivity index (χ4n) is 1.85. The van der Waals surface area contributed by atoms with Crippen LogP contribution < -0.4 is 10.1 Å². The minimum atomic E-state index is 0.472. The Hall–Kier alpha value is -1.13. The molecule has 0 saturated heterocycles. The summed E-state index contributed by atoms with van der Waals surface area (Å²) in [5.41, 5.74) is 2.29. The molecule has 0 atom stereocenters. The number of aromatic nitrogens is 1. The fourth-order valence-corrected chi connectivity index (χ4v) is 1.85. The second kappa shape index (κ2) is 10.6. The normalized spacial score (nSPS) is 11.1. The van der Waals surface area contributed by atoms with Crippen molar-refractivity contribution < 1.29 is 9.47 Å². The van der Waals surface area contributed by atoms with E-state index in [2.05, 4.69) is 44.1 Å². The summed E-state index contributed by atoms with van der Waals surface area (Å²) in [7, 11) is 0. The van der Waals surface area contributed by atoms with Gasteiger partial charge in [-0.1, -0.05) is 34.1 Å². The Bertz CT molecular complexity index is 394. The van der Waals surface area contributed by atoms with Crippen LogP contribution in [0.1, 0.15) is 51.8 Å². The van der Waals surface area contributed by atoms with E-state index in [1.54, 1.807) is 0 Å². The van der Waals surface area contributed by atoms with E-state index < -0.39 is 0 Å². The lowest BCUT2D eigenvalue weighted by Crippen LogP contribution is -2.22. The molecule has 0 amide bonds. The number of aryl methyl sites for hydroxylation is 1. The Balaban J connectivity index is 2.46. The molecule has 1 rings (SSSR count). The van der Waals surface area contributed by atoms with Gasteiger partial charge in [0, 0.05) is 31.0 Å². The summed E-state index contributed by atoms with van der Waals surface area (Å²) in [6.45, 7) is 11.4. The molecule has 0 unspecified atom stereocenters. The van der Waals surface area contributed by atoms with Crippen molar-refractivity contribution >= 4 is 0 Å². The maximum absolute atomic E-state index is 5.71. The molecule has 0 aliphatic carbocycles. The van der Waals surface area contributed by atoms with Gasteiger partial charge in [-0.2, -0.15) is 0 Å². The highest BCUT2D eigenvalue weighted by Gasteiger charge is 2.04. The molecular formula is C17H30N2O2. The maximum Gasteiger partial charge on any atom is 0.213 e. The fraction of sp³-hybridized carbons (Fsp3) is 0.706. The molecule has 0 aromatic carbocycles. The molecule has 1 N–H and O–H groups in total. The van der Waals surface area contributed by atoms with Gasteiger partial charge in [-0.3, -0.25) is 0 Å². The topological polar surface area (TPSA) is 43.4 Å². The van der Waals surface area contributed by atoms with Gasteiger partial charge < -0.3 is 14.8 Å². The first-order valence-corrected chi connectivity index (χ1v) is 8.09. The molecular weight excluding hydrogens is 264 g/mol. The van der Waals surface area contributed by atoms with E-state index in [0.29, 0.717) is 25.1 Å². The molecule has 1 heterocycles. The van der Waals surface area contributed by atoms with Crippen LogP contribution in [-0.4, -0.2) is 30.8 Å².